The quantitative estimate of drug-likeness (QED) is 0.442. The van der Waals surface area contributed by atoms with Gasteiger partial charge in [0.2, 0.25) is 0 Å². The van der Waals surface area contributed by atoms with Crippen molar-refractivity contribution in [2.45, 2.75) is 20.8 Å². The molecule has 0 unspecified atom stereocenters. The van der Waals surface area contributed by atoms with Crippen molar-refractivity contribution in [3.63, 3.8) is 0 Å². The molecule has 4 rings (SSSR count). The molecular formula is C22H20BrN3O2. The maximum Gasteiger partial charge on any atom is 0.292 e. The van der Waals surface area contributed by atoms with Crippen LogP contribution in [0, 0.1) is 20.8 Å². The van der Waals surface area contributed by atoms with Crippen molar-refractivity contribution in [1.29, 1.82) is 0 Å². The van der Waals surface area contributed by atoms with Crippen LogP contribution in [0.2, 0.25) is 0 Å². The first-order chi connectivity index (χ1) is 13.4. The number of para-hydroxylation sites is 1. The largest absolute Gasteiger partial charge is 0.450 e. The maximum atomic E-state index is 13.1. The molecule has 4 aromatic rings. The van der Waals surface area contributed by atoms with Gasteiger partial charge in [0.15, 0.2) is 5.76 Å². The van der Waals surface area contributed by atoms with Crippen LogP contribution in [0.15, 0.2) is 51.4 Å². The van der Waals surface area contributed by atoms with Crippen molar-refractivity contribution in [3.8, 4) is 11.1 Å². The molecule has 0 saturated heterocycles. The van der Waals surface area contributed by atoms with Crippen LogP contribution in [0.5, 0.6) is 0 Å². The lowest BCUT2D eigenvalue weighted by Gasteiger charge is -2.09. The zero-order chi connectivity index (χ0) is 20.0. The number of amides is 1. The van der Waals surface area contributed by atoms with Gasteiger partial charge < -0.3 is 9.73 Å². The minimum atomic E-state index is -0.283. The predicted octanol–water partition coefficient (Wildman–Crippen LogP) is 5.77. The van der Waals surface area contributed by atoms with Crippen molar-refractivity contribution in [3.05, 3.63) is 69.5 Å². The maximum absolute atomic E-state index is 13.1. The topological polar surface area (TPSA) is 60.1 Å². The van der Waals surface area contributed by atoms with Gasteiger partial charge in [-0.05, 0) is 44.0 Å². The second-order valence-electron chi connectivity index (χ2n) is 6.90. The van der Waals surface area contributed by atoms with Crippen LogP contribution >= 0.6 is 15.9 Å². The van der Waals surface area contributed by atoms with E-state index in [2.05, 4.69) is 26.3 Å². The summed E-state index contributed by atoms with van der Waals surface area (Å²) in [7, 11) is 1.82. The fraction of sp³-hybridized carbons (Fsp3) is 0.182. The molecule has 6 heteroatoms. The molecule has 0 radical (unpaired) electrons. The zero-order valence-electron chi connectivity index (χ0n) is 16.1. The standard InChI is InChI=1S/C22H20BrN3O2/c1-12-6-5-7-17-13(2)20(28-19(12)17)22(27)24-21-18(14(3)25-26(21)4)15-8-10-16(23)11-9-15/h5-11H,1-4H3,(H,24,27). The first-order valence-electron chi connectivity index (χ1n) is 8.96. The zero-order valence-corrected chi connectivity index (χ0v) is 17.7. The molecule has 0 bridgehead atoms. The van der Waals surface area contributed by atoms with Crippen molar-refractivity contribution in [2.75, 3.05) is 5.32 Å². The van der Waals surface area contributed by atoms with Gasteiger partial charge in [-0.1, -0.05) is 46.3 Å². The Labute approximate surface area is 171 Å². The van der Waals surface area contributed by atoms with Gasteiger partial charge >= 0.3 is 0 Å². The molecule has 0 aliphatic carbocycles. The summed E-state index contributed by atoms with van der Waals surface area (Å²) in [4.78, 5) is 13.1. The molecule has 2 aromatic heterocycles. The third kappa shape index (κ3) is 3.03. The SMILES string of the molecule is Cc1nn(C)c(NC(=O)c2oc3c(C)cccc3c2C)c1-c1ccc(Br)cc1. The fourth-order valence-electron chi connectivity index (χ4n) is 3.53. The lowest BCUT2D eigenvalue weighted by molar-refractivity contribution is 0.0997. The normalized spacial score (nSPS) is 11.2. The molecule has 0 aliphatic rings. The number of fused-ring (bicyclic) bond motifs is 1. The number of nitrogens with one attached hydrogen (secondary N) is 1. The molecule has 5 nitrogen and oxygen atoms in total. The van der Waals surface area contributed by atoms with Gasteiger partial charge in [0.1, 0.15) is 11.4 Å². The Bertz CT molecular complexity index is 1200. The summed E-state index contributed by atoms with van der Waals surface area (Å²) in [5.41, 5.74) is 5.32. The van der Waals surface area contributed by atoms with Crippen LogP contribution in [0.1, 0.15) is 27.4 Å². The molecule has 0 spiro atoms. The third-order valence-electron chi connectivity index (χ3n) is 4.95. The van der Waals surface area contributed by atoms with Gasteiger partial charge in [-0.2, -0.15) is 5.10 Å². The minimum absolute atomic E-state index is 0.283. The highest BCUT2D eigenvalue weighted by molar-refractivity contribution is 9.10. The minimum Gasteiger partial charge on any atom is -0.450 e. The molecule has 0 aliphatic heterocycles. The van der Waals surface area contributed by atoms with Crippen LogP contribution in [0.4, 0.5) is 5.82 Å². The van der Waals surface area contributed by atoms with E-state index >= 15 is 0 Å². The molecule has 2 aromatic carbocycles. The van der Waals surface area contributed by atoms with Gasteiger partial charge in [0.05, 0.1) is 5.69 Å². The van der Waals surface area contributed by atoms with Crippen LogP contribution in [-0.4, -0.2) is 15.7 Å². The number of anilines is 1. The summed E-state index contributed by atoms with van der Waals surface area (Å²) >= 11 is 3.46. The van der Waals surface area contributed by atoms with Crippen LogP contribution in [-0.2, 0) is 7.05 Å². The first-order valence-corrected chi connectivity index (χ1v) is 9.75. The summed E-state index contributed by atoms with van der Waals surface area (Å²) in [6.07, 6.45) is 0. The van der Waals surface area contributed by atoms with E-state index in [0.29, 0.717) is 11.6 Å². The number of carbonyl (C=O) groups is 1. The van der Waals surface area contributed by atoms with Gasteiger partial charge in [-0.15, -0.1) is 0 Å². The summed E-state index contributed by atoms with van der Waals surface area (Å²) in [5.74, 6) is 0.681. The molecule has 1 N–H and O–H groups in total. The molecular weight excluding hydrogens is 418 g/mol. The van der Waals surface area contributed by atoms with Crippen LogP contribution < -0.4 is 5.32 Å². The molecule has 142 valence electrons. The lowest BCUT2D eigenvalue weighted by atomic mass is 10.1. The number of hydrogen-bond acceptors (Lipinski definition) is 3. The average Bonchev–Trinajstić information content (AvgIpc) is 3.14. The van der Waals surface area contributed by atoms with E-state index in [1.807, 2.05) is 70.3 Å². The summed E-state index contributed by atoms with van der Waals surface area (Å²) in [6.45, 7) is 5.82. The average molecular weight is 438 g/mol. The first kappa shape index (κ1) is 18.5. The summed E-state index contributed by atoms with van der Waals surface area (Å²) < 4.78 is 8.61. The summed E-state index contributed by atoms with van der Waals surface area (Å²) in [5, 5.41) is 8.46. The molecule has 2 heterocycles. The van der Waals surface area contributed by atoms with Crippen LogP contribution in [0.25, 0.3) is 22.1 Å². The Kier molecular flexibility index (Phi) is 4.59. The number of halogens is 1. The van der Waals surface area contributed by atoms with E-state index in [9.17, 15) is 4.79 Å². The second kappa shape index (κ2) is 6.95. The third-order valence-corrected chi connectivity index (χ3v) is 5.48. The molecule has 1 amide bonds. The number of rotatable bonds is 3. The van der Waals surface area contributed by atoms with Crippen molar-refractivity contribution < 1.29 is 9.21 Å². The molecule has 0 fully saturated rings. The van der Waals surface area contributed by atoms with Crippen LogP contribution in [0.3, 0.4) is 0 Å². The van der Waals surface area contributed by atoms with E-state index in [-0.39, 0.29) is 5.91 Å². The van der Waals surface area contributed by atoms with Crippen molar-refractivity contribution >= 4 is 38.6 Å². The van der Waals surface area contributed by atoms with Gasteiger partial charge in [0.25, 0.3) is 5.91 Å². The van der Waals surface area contributed by atoms with Gasteiger partial charge in [-0.25, -0.2) is 0 Å². The fourth-order valence-corrected chi connectivity index (χ4v) is 3.79. The highest BCUT2D eigenvalue weighted by Crippen LogP contribution is 2.33. The number of aromatic nitrogens is 2. The van der Waals surface area contributed by atoms with Gasteiger partial charge in [-0.3, -0.25) is 9.48 Å². The molecule has 28 heavy (non-hydrogen) atoms. The highest BCUT2D eigenvalue weighted by Gasteiger charge is 2.22. The van der Waals surface area contributed by atoms with E-state index in [4.69, 9.17) is 4.42 Å². The Balaban J connectivity index is 1.76. The number of nitrogens with zero attached hydrogens (tertiary/aromatic N) is 2. The van der Waals surface area contributed by atoms with E-state index in [0.717, 1.165) is 43.4 Å². The number of aryl methyl sites for hydroxylation is 4. The van der Waals surface area contributed by atoms with Crippen molar-refractivity contribution in [2.24, 2.45) is 7.05 Å². The monoisotopic (exact) mass is 437 g/mol. The van der Waals surface area contributed by atoms with E-state index < -0.39 is 0 Å². The number of carbonyl (C=O) groups excluding carboxylic acids is 1. The number of benzene rings is 2. The van der Waals surface area contributed by atoms with Gasteiger partial charge in [0, 0.05) is 28.0 Å². The highest BCUT2D eigenvalue weighted by atomic mass is 79.9. The Hall–Kier alpha value is -2.86. The Morgan fingerprint density at radius 3 is 2.50 bits per heavy atom. The van der Waals surface area contributed by atoms with E-state index in [1.54, 1.807) is 4.68 Å². The summed E-state index contributed by atoms with van der Waals surface area (Å²) in [6, 6.07) is 13.9. The van der Waals surface area contributed by atoms with E-state index in [1.165, 1.54) is 0 Å². The number of furan rings is 1. The second-order valence-corrected chi connectivity index (χ2v) is 7.82. The smallest absolute Gasteiger partial charge is 0.292 e. The molecule has 0 saturated carbocycles. The Morgan fingerprint density at radius 2 is 1.82 bits per heavy atom. The molecule has 0 atom stereocenters. The predicted molar refractivity (Wildman–Crippen MR) is 115 cm³/mol. The lowest BCUT2D eigenvalue weighted by Crippen LogP contribution is -2.15. The Morgan fingerprint density at radius 1 is 1.11 bits per heavy atom. The number of hydrogen-bond donors (Lipinski definition) is 1. The van der Waals surface area contributed by atoms with Crippen molar-refractivity contribution in [1.82, 2.24) is 9.78 Å².